The lowest BCUT2D eigenvalue weighted by atomic mass is 9.71. The molecule has 10 heteroatoms. The minimum Gasteiger partial charge on any atom is -0.482 e. The molecule has 0 unspecified atom stereocenters. The number of nitrogens with zero attached hydrogens (tertiary/aromatic N) is 2. The van der Waals surface area contributed by atoms with E-state index in [-0.39, 0.29) is 11.2 Å². The molecule has 1 aliphatic rings. The minimum atomic E-state index is -3.71. The first-order chi connectivity index (χ1) is 9.29. The first-order valence-corrected chi connectivity index (χ1v) is 7.34. The average Bonchev–Trinajstić information content (AvgIpc) is 2.35. The molecule has 2 N–H and O–H groups in total. The molecule has 8 nitrogen and oxygen atoms in total. The van der Waals surface area contributed by atoms with Gasteiger partial charge in [-0.15, -0.1) is 0 Å². The third-order valence-corrected chi connectivity index (χ3v) is 3.53. The van der Waals surface area contributed by atoms with Gasteiger partial charge in [0, 0.05) is 0 Å². The maximum Gasteiger partial charge on any atom is 0.484 e. The van der Waals surface area contributed by atoms with Gasteiger partial charge in [-0.3, -0.25) is 0 Å². The van der Waals surface area contributed by atoms with Crippen LogP contribution in [0.4, 0.5) is 0 Å². The number of carboxylic acid groups (broad SMARTS) is 1. The normalized spacial score (nSPS) is 14.1. The third-order valence-electron chi connectivity index (χ3n) is 2.56. The second-order valence-electron chi connectivity index (χ2n) is 4.13. The van der Waals surface area contributed by atoms with Gasteiger partial charge in [0.05, 0.1) is 12.5 Å². The van der Waals surface area contributed by atoms with Crippen LogP contribution in [0.25, 0.3) is 0 Å². The van der Waals surface area contributed by atoms with Crippen LogP contribution in [0, 0.1) is 0 Å². The number of fused-ring (bicyclic) bond motifs is 1. The molecular formula is C10H11BN2O6S. The van der Waals surface area contributed by atoms with Gasteiger partial charge in [-0.05, 0) is 23.2 Å². The summed E-state index contributed by atoms with van der Waals surface area (Å²) < 4.78 is 28.4. The van der Waals surface area contributed by atoms with Gasteiger partial charge >= 0.3 is 13.0 Å². The zero-order chi connectivity index (χ0) is 14.9. The van der Waals surface area contributed by atoms with E-state index < -0.39 is 29.6 Å². The van der Waals surface area contributed by atoms with E-state index in [2.05, 4.69) is 5.10 Å². The number of hydrogen-bond acceptors (Lipinski definition) is 6. The van der Waals surface area contributed by atoms with Crippen molar-refractivity contribution in [3.8, 4) is 5.75 Å². The van der Waals surface area contributed by atoms with Crippen LogP contribution in [0.2, 0.25) is 0 Å². The molecular weight excluding hydrogens is 287 g/mol. The highest BCUT2D eigenvalue weighted by atomic mass is 32.2. The van der Waals surface area contributed by atoms with Crippen molar-refractivity contribution in [1.29, 1.82) is 0 Å². The van der Waals surface area contributed by atoms with Gasteiger partial charge < -0.3 is 14.9 Å². The van der Waals surface area contributed by atoms with Gasteiger partial charge in [0.25, 0.3) is 0 Å². The van der Waals surface area contributed by atoms with Crippen molar-refractivity contribution in [3.63, 3.8) is 0 Å². The molecule has 2 rings (SSSR count). The first kappa shape index (κ1) is 14.3. The van der Waals surface area contributed by atoms with Gasteiger partial charge in [-0.25, -0.2) is 17.5 Å². The molecule has 1 aromatic rings. The molecule has 106 valence electrons. The number of benzene rings is 1. The van der Waals surface area contributed by atoms with Crippen LogP contribution in [0.15, 0.2) is 23.3 Å². The van der Waals surface area contributed by atoms with Crippen molar-refractivity contribution in [2.45, 2.75) is 0 Å². The summed E-state index contributed by atoms with van der Waals surface area (Å²) in [5.74, 6) is -0.920. The minimum absolute atomic E-state index is 0.217. The summed E-state index contributed by atoms with van der Waals surface area (Å²) in [7, 11) is -5.18. The lowest BCUT2D eigenvalue weighted by Crippen LogP contribution is -2.51. The van der Waals surface area contributed by atoms with Crippen molar-refractivity contribution in [3.05, 3.63) is 23.8 Å². The molecule has 0 bridgehead atoms. The Labute approximate surface area is 115 Å². The molecule has 0 aliphatic carbocycles. The van der Waals surface area contributed by atoms with Crippen molar-refractivity contribution in [2.75, 3.05) is 12.9 Å². The van der Waals surface area contributed by atoms with Crippen molar-refractivity contribution < 1.29 is 28.1 Å². The molecule has 0 spiro atoms. The summed E-state index contributed by atoms with van der Waals surface area (Å²) in [5, 5.41) is 22.2. The standard InChI is InChI=1S/C10H11BN2O6S/c1-20(17,18)13-11(16)9-4-8(19-6-10(14)15)3-2-7(9)5-12-13/h2-5,16H,6H2,1H3,(H,14,15). The molecule has 0 saturated carbocycles. The summed E-state index contributed by atoms with van der Waals surface area (Å²) in [6.07, 6.45) is 2.22. The van der Waals surface area contributed by atoms with Crippen LogP contribution in [0.3, 0.4) is 0 Å². The predicted octanol–water partition coefficient (Wildman–Crippen LogP) is -1.55. The SMILES string of the molecule is CS(=O)(=O)N1N=Cc2ccc(OCC(=O)O)cc2B1O. The van der Waals surface area contributed by atoms with E-state index in [1.807, 2.05) is 0 Å². The van der Waals surface area contributed by atoms with E-state index in [4.69, 9.17) is 9.84 Å². The van der Waals surface area contributed by atoms with Crippen LogP contribution in [0.5, 0.6) is 5.75 Å². The number of aliphatic carboxylic acids is 1. The Hall–Kier alpha value is -2.07. The Morgan fingerprint density at radius 1 is 1.50 bits per heavy atom. The third kappa shape index (κ3) is 2.91. The molecule has 0 radical (unpaired) electrons. The Morgan fingerprint density at radius 3 is 2.80 bits per heavy atom. The highest BCUT2D eigenvalue weighted by Crippen LogP contribution is 2.15. The fraction of sp³-hybridized carbons (Fsp3) is 0.200. The molecule has 0 fully saturated rings. The van der Waals surface area contributed by atoms with Crippen LogP contribution >= 0.6 is 0 Å². The molecule has 0 saturated heterocycles. The summed E-state index contributed by atoms with van der Waals surface area (Å²) in [4.78, 5) is 10.4. The number of carboxylic acids is 1. The quantitative estimate of drug-likeness (QED) is 0.650. The van der Waals surface area contributed by atoms with E-state index in [0.29, 0.717) is 9.89 Å². The van der Waals surface area contributed by atoms with Crippen LogP contribution < -0.4 is 10.2 Å². The Bertz CT molecular complexity index is 674. The van der Waals surface area contributed by atoms with E-state index >= 15 is 0 Å². The summed E-state index contributed by atoms with van der Waals surface area (Å²) in [5.41, 5.74) is 0.799. The van der Waals surface area contributed by atoms with Gasteiger partial charge in [-0.1, -0.05) is 6.07 Å². The monoisotopic (exact) mass is 298 g/mol. The summed E-state index contributed by atoms with van der Waals surface area (Å²) in [6.45, 7) is -0.529. The second kappa shape index (κ2) is 5.14. The van der Waals surface area contributed by atoms with E-state index in [0.717, 1.165) is 6.26 Å². The first-order valence-electron chi connectivity index (χ1n) is 5.49. The smallest absolute Gasteiger partial charge is 0.482 e. The van der Waals surface area contributed by atoms with Crippen molar-refractivity contribution >= 4 is 34.7 Å². The number of sulfonamides is 1. The summed E-state index contributed by atoms with van der Waals surface area (Å²) >= 11 is 0. The fourth-order valence-corrected chi connectivity index (χ4v) is 2.39. The zero-order valence-electron chi connectivity index (χ0n) is 10.4. The Morgan fingerprint density at radius 2 is 2.20 bits per heavy atom. The molecule has 20 heavy (non-hydrogen) atoms. The van der Waals surface area contributed by atoms with Gasteiger partial charge in [-0.2, -0.15) is 5.10 Å². The van der Waals surface area contributed by atoms with Gasteiger partial charge in [0.15, 0.2) is 6.61 Å². The molecule has 1 aliphatic heterocycles. The number of ether oxygens (including phenoxy) is 1. The Balaban J connectivity index is 2.32. The maximum absolute atomic E-state index is 11.4. The lowest BCUT2D eigenvalue weighted by Gasteiger charge is -2.24. The van der Waals surface area contributed by atoms with E-state index in [9.17, 15) is 18.2 Å². The average molecular weight is 298 g/mol. The van der Waals surface area contributed by atoms with Gasteiger partial charge in [0.2, 0.25) is 10.0 Å². The maximum atomic E-state index is 11.4. The second-order valence-corrected chi connectivity index (χ2v) is 5.97. The molecule has 1 heterocycles. The number of hydrazone groups is 1. The van der Waals surface area contributed by atoms with Crippen molar-refractivity contribution in [1.82, 2.24) is 4.33 Å². The molecule has 0 atom stereocenters. The van der Waals surface area contributed by atoms with E-state index in [1.54, 1.807) is 6.07 Å². The largest absolute Gasteiger partial charge is 0.484 e. The fourth-order valence-electron chi connectivity index (χ4n) is 1.70. The molecule has 0 aromatic heterocycles. The predicted molar refractivity (Wildman–Crippen MR) is 71.5 cm³/mol. The topological polar surface area (TPSA) is 116 Å². The van der Waals surface area contributed by atoms with Crippen LogP contribution in [0.1, 0.15) is 5.56 Å². The Kier molecular flexibility index (Phi) is 3.68. The lowest BCUT2D eigenvalue weighted by molar-refractivity contribution is -0.139. The van der Waals surface area contributed by atoms with Crippen molar-refractivity contribution in [2.24, 2.45) is 5.10 Å². The number of carbonyl (C=O) groups is 1. The molecule has 1 aromatic carbocycles. The molecule has 0 amide bonds. The summed E-state index contributed by atoms with van der Waals surface area (Å²) in [6, 6.07) is 4.45. The number of hydrogen-bond donors (Lipinski definition) is 2. The van der Waals surface area contributed by atoms with Crippen LogP contribution in [-0.2, 0) is 14.8 Å². The zero-order valence-corrected chi connectivity index (χ0v) is 11.2. The highest BCUT2D eigenvalue weighted by Gasteiger charge is 2.35. The van der Waals surface area contributed by atoms with E-state index in [1.165, 1.54) is 18.3 Å². The number of rotatable bonds is 4. The van der Waals surface area contributed by atoms with Crippen LogP contribution in [-0.4, -0.2) is 55.0 Å². The van der Waals surface area contributed by atoms with Gasteiger partial charge in [0.1, 0.15) is 5.75 Å². The highest BCUT2D eigenvalue weighted by molar-refractivity contribution is 7.89.